The molecule has 0 radical (unpaired) electrons. The van der Waals surface area contributed by atoms with E-state index >= 15 is 0 Å². The zero-order chi connectivity index (χ0) is 20.1. The summed E-state index contributed by atoms with van der Waals surface area (Å²) >= 11 is 0. The van der Waals surface area contributed by atoms with Crippen LogP contribution in [0.15, 0.2) is 48.3 Å². The highest BCUT2D eigenvalue weighted by Gasteiger charge is 2.26. The first-order valence-corrected chi connectivity index (χ1v) is 9.84. The van der Waals surface area contributed by atoms with Gasteiger partial charge in [-0.2, -0.15) is 0 Å². The summed E-state index contributed by atoms with van der Waals surface area (Å²) in [6.45, 7) is 7.58. The fourth-order valence-corrected chi connectivity index (χ4v) is 3.74. The summed E-state index contributed by atoms with van der Waals surface area (Å²) in [5.41, 5.74) is 10.8. The SMILES string of the molecule is C=C(C)CCCC(=O)N(CN)c1cc(O)c2c(c1)N(CC1=CNC=CC1)CC2. The number of nitrogens with two attached hydrogens (primary N) is 1. The van der Waals surface area contributed by atoms with Crippen LogP contribution in [0.25, 0.3) is 0 Å². The van der Waals surface area contributed by atoms with E-state index < -0.39 is 0 Å². The Morgan fingerprint density at radius 1 is 1.39 bits per heavy atom. The largest absolute Gasteiger partial charge is 0.508 e. The fraction of sp³-hybridized carbons (Fsp3) is 0.409. The summed E-state index contributed by atoms with van der Waals surface area (Å²) in [6, 6.07) is 3.65. The molecule has 28 heavy (non-hydrogen) atoms. The molecule has 0 aromatic heterocycles. The Morgan fingerprint density at radius 2 is 2.21 bits per heavy atom. The number of amides is 1. The second-order valence-electron chi connectivity index (χ2n) is 7.52. The summed E-state index contributed by atoms with van der Waals surface area (Å²) in [5, 5.41) is 13.7. The molecule has 0 fully saturated rings. The number of hydrogen-bond acceptors (Lipinski definition) is 5. The highest BCUT2D eigenvalue weighted by atomic mass is 16.3. The van der Waals surface area contributed by atoms with Crippen molar-refractivity contribution < 1.29 is 9.90 Å². The van der Waals surface area contributed by atoms with Crippen molar-refractivity contribution in [3.63, 3.8) is 0 Å². The zero-order valence-corrected chi connectivity index (χ0v) is 16.6. The quantitative estimate of drug-likeness (QED) is 0.475. The third kappa shape index (κ3) is 4.57. The van der Waals surface area contributed by atoms with Crippen LogP contribution in [0.2, 0.25) is 0 Å². The molecule has 3 rings (SSSR count). The van der Waals surface area contributed by atoms with Gasteiger partial charge >= 0.3 is 0 Å². The van der Waals surface area contributed by atoms with Crippen LogP contribution < -0.4 is 20.9 Å². The molecule has 0 atom stereocenters. The van der Waals surface area contributed by atoms with E-state index in [1.54, 1.807) is 11.0 Å². The van der Waals surface area contributed by atoms with Crippen molar-refractivity contribution in [2.45, 2.75) is 39.0 Å². The molecule has 0 unspecified atom stereocenters. The van der Waals surface area contributed by atoms with Gasteiger partial charge in [-0.1, -0.05) is 11.6 Å². The topological polar surface area (TPSA) is 81.8 Å². The third-order valence-corrected chi connectivity index (χ3v) is 5.23. The van der Waals surface area contributed by atoms with Gasteiger partial charge < -0.3 is 21.1 Å². The first-order chi connectivity index (χ1) is 13.5. The van der Waals surface area contributed by atoms with Crippen molar-refractivity contribution in [3.8, 4) is 5.75 Å². The van der Waals surface area contributed by atoms with Gasteiger partial charge in [-0.3, -0.25) is 9.69 Å². The van der Waals surface area contributed by atoms with Crippen molar-refractivity contribution >= 4 is 17.3 Å². The van der Waals surface area contributed by atoms with Crippen LogP contribution >= 0.6 is 0 Å². The van der Waals surface area contributed by atoms with Crippen molar-refractivity contribution in [2.24, 2.45) is 5.73 Å². The van der Waals surface area contributed by atoms with Crippen LogP contribution in [0.5, 0.6) is 5.75 Å². The number of carbonyl (C=O) groups excluding carboxylic acids is 1. The number of benzene rings is 1. The second kappa shape index (κ2) is 8.97. The molecule has 2 aliphatic rings. The van der Waals surface area contributed by atoms with Crippen LogP contribution in [0.3, 0.4) is 0 Å². The fourth-order valence-electron chi connectivity index (χ4n) is 3.74. The van der Waals surface area contributed by atoms with Crippen molar-refractivity contribution in [1.82, 2.24) is 5.32 Å². The Bertz CT molecular complexity index is 813. The lowest BCUT2D eigenvalue weighted by molar-refractivity contribution is -0.118. The number of anilines is 2. The number of carbonyl (C=O) groups is 1. The average molecular weight is 383 g/mol. The first kappa shape index (κ1) is 20.0. The smallest absolute Gasteiger partial charge is 0.228 e. The first-order valence-electron chi connectivity index (χ1n) is 9.84. The standard InChI is InChI=1S/C22H30N4O2/c1-16(2)5-3-7-22(28)26(15-23)18-11-20-19(21(27)12-18)8-10-25(20)14-17-6-4-9-24-13-17/h4,9,11-13,24,27H,1,3,5-8,10,14-15,23H2,2H3. The van der Waals surface area contributed by atoms with Gasteiger partial charge in [-0.05, 0) is 50.4 Å². The summed E-state index contributed by atoms with van der Waals surface area (Å²) in [7, 11) is 0. The Labute approximate surface area is 167 Å². The molecule has 0 saturated carbocycles. The van der Waals surface area contributed by atoms with Crippen LogP contribution in [0.4, 0.5) is 11.4 Å². The average Bonchev–Trinajstić information content (AvgIpc) is 3.06. The van der Waals surface area contributed by atoms with Gasteiger partial charge in [-0.15, -0.1) is 6.58 Å². The lowest BCUT2D eigenvalue weighted by Crippen LogP contribution is -2.36. The van der Waals surface area contributed by atoms with Gasteiger partial charge in [0, 0.05) is 43.0 Å². The van der Waals surface area contributed by atoms with E-state index in [-0.39, 0.29) is 18.3 Å². The van der Waals surface area contributed by atoms with Crippen molar-refractivity contribution in [3.05, 3.63) is 53.9 Å². The van der Waals surface area contributed by atoms with Crippen LogP contribution in [-0.4, -0.2) is 30.8 Å². The molecule has 6 heteroatoms. The van der Waals surface area contributed by atoms with Crippen LogP contribution in [-0.2, 0) is 11.2 Å². The lowest BCUT2D eigenvalue weighted by Gasteiger charge is -2.25. The molecule has 0 saturated heterocycles. The zero-order valence-electron chi connectivity index (χ0n) is 16.6. The molecule has 4 N–H and O–H groups in total. The molecule has 1 aromatic rings. The maximum Gasteiger partial charge on any atom is 0.228 e. The van der Waals surface area contributed by atoms with Gasteiger partial charge in [-0.25, -0.2) is 0 Å². The van der Waals surface area contributed by atoms with Crippen molar-refractivity contribution in [2.75, 3.05) is 29.6 Å². The number of hydrogen-bond donors (Lipinski definition) is 3. The third-order valence-electron chi connectivity index (χ3n) is 5.23. The number of allylic oxidation sites excluding steroid dienone is 2. The van der Waals surface area contributed by atoms with E-state index in [0.29, 0.717) is 12.1 Å². The molecule has 0 bridgehead atoms. The Balaban J connectivity index is 1.78. The maximum atomic E-state index is 12.7. The maximum absolute atomic E-state index is 12.7. The number of phenolic OH excluding ortho intramolecular Hbond substituents is 1. The van der Waals surface area contributed by atoms with E-state index in [1.165, 1.54) is 5.57 Å². The summed E-state index contributed by atoms with van der Waals surface area (Å²) in [5.74, 6) is 0.204. The minimum Gasteiger partial charge on any atom is -0.508 e. The van der Waals surface area contributed by atoms with Gasteiger partial charge in [0.2, 0.25) is 5.91 Å². The van der Waals surface area contributed by atoms with Crippen molar-refractivity contribution in [1.29, 1.82) is 0 Å². The molecule has 0 aliphatic carbocycles. The molecule has 6 nitrogen and oxygen atoms in total. The lowest BCUT2D eigenvalue weighted by atomic mass is 10.1. The molecule has 150 valence electrons. The van der Waals surface area contributed by atoms with Gasteiger partial charge in [0.05, 0.1) is 12.4 Å². The Hall–Kier alpha value is -2.73. The van der Waals surface area contributed by atoms with Gasteiger partial charge in [0.15, 0.2) is 0 Å². The molecular weight excluding hydrogens is 352 g/mol. The summed E-state index contributed by atoms with van der Waals surface area (Å²) in [4.78, 5) is 16.5. The number of fused-ring (bicyclic) bond motifs is 1. The highest BCUT2D eigenvalue weighted by molar-refractivity contribution is 5.94. The van der Waals surface area contributed by atoms with Gasteiger partial charge in [0.25, 0.3) is 0 Å². The van der Waals surface area contributed by atoms with E-state index in [0.717, 1.165) is 55.6 Å². The van der Waals surface area contributed by atoms with E-state index in [9.17, 15) is 9.90 Å². The number of phenols is 1. The van der Waals surface area contributed by atoms with Crippen LogP contribution in [0.1, 0.15) is 38.2 Å². The summed E-state index contributed by atoms with van der Waals surface area (Å²) in [6.07, 6.45) is 9.76. The predicted molar refractivity (Wildman–Crippen MR) is 114 cm³/mol. The summed E-state index contributed by atoms with van der Waals surface area (Å²) < 4.78 is 0. The molecule has 2 aliphatic heterocycles. The molecule has 2 heterocycles. The number of nitrogens with one attached hydrogen (secondary N) is 1. The minimum absolute atomic E-state index is 0.0306. The second-order valence-corrected chi connectivity index (χ2v) is 7.52. The predicted octanol–water partition coefficient (Wildman–Crippen LogP) is 3.14. The van der Waals surface area contributed by atoms with E-state index in [4.69, 9.17) is 5.73 Å². The number of dihydropyridines is 1. The van der Waals surface area contributed by atoms with E-state index in [1.807, 2.05) is 25.4 Å². The normalized spacial score (nSPS) is 15.1. The number of aromatic hydroxyl groups is 1. The number of rotatable bonds is 8. The Morgan fingerprint density at radius 3 is 2.89 bits per heavy atom. The minimum atomic E-state index is -0.0306. The molecular formula is C22H30N4O2. The highest BCUT2D eigenvalue weighted by Crippen LogP contribution is 2.39. The molecule has 1 aromatic carbocycles. The molecule has 0 spiro atoms. The Kier molecular flexibility index (Phi) is 6.41. The molecule has 1 amide bonds. The van der Waals surface area contributed by atoms with E-state index in [2.05, 4.69) is 22.9 Å². The van der Waals surface area contributed by atoms with Crippen LogP contribution in [0, 0.1) is 0 Å². The monoisotopic (exact) mass is 382 g/mol. The van der Waals surface area contributed by atoms with Gasteiger partial charge in [0.1, 0.15) is 5.75 Å². The number of nitrogens with zero attached hydrogens (tertiary/aromatic N) is 2.